The van der Waals surface area contributed by atoms with Crippen molar-refractivity contribution in [1.29, 1.82) is 0 Å². The van der Waals surface area contributed by atoms with Crippen molar-refractivity contribution in [2.24, 2.45) is 7.05 Å². The number of non-ortho nitro benzene ring substituents is 1. The number of carboxylic acids is 1. The van der Waals surface area contributed by atoms with E-state index in [1.54, 1.807) is 19.2 Å². The summed E-state index contributed by atoms with van der Waals surface area (Å²) in [5.41, 5.74) is 0.743. The van der Waals surface area contributed by atoms with E-state index in [0.29, 0.717) is 15.6 Å². The minimum absolute atomic E-state index is 0.0179. The fraction of sp³-hybridized carbons (Fsp3) is 0.211. The number of carbonyl (C=O) groups excluding carboxylic acids is 1. The lowest BCUT2D eigenvalue weighted by molar-refractivity contribution is -0.384. The molecule has 0 atom stereocenters. The van der Waals surface area contributed by atoms with Gasteiger partial charge in [0.25, 0.3) is 11.6 Å². The highest BCUT2D eigenvalue weighted by atomic mass is 32.2. The molecule has 31 heavy (non-hydrogen) atoms. The zero-order chi connectivity index (χ0) is 22.7. The summed E-state index contributed by atoms with van der Waals surface area (Å²) in [6, 6.07) is 8.47. The van der Waals surface area contributed by atoms with Crippen molar-refractivity contribution < 1.29 is 19.6 Å². The van der Waals surface area contributed by atoms with Crippen LogP contribution in [0.1, 0.15) is 46.0 Å². The lowest BCUT2D eigenvalue weighted by atomic mass is 9.96. The summed E-state index contributed by atoms with van der Waals surface area (Å²) >= 11 is 1.07. The smallest absolute Gasteiger partial charge is 0.336 e. The monoisotopic (exact) mass is 442 g/mol. The molecular weight excluding hydrogens is 424 g/mol. The van der Waals surface area contributed by atoms with Gasteiger partial charge in [0.05, 0.1) is 16.1 Å². The van der Waals surface area contributed by atoms with Gasteiger partial charge in [0, 0.05) is 29.8 Å². The average molecular weight is 442 g/mol. The first kappa shape index (κ1) is 21.9. The molecule has 3 rings (SSSR count). The number of aromatic carboxylic acids is 1. The van der Waals surface area contributed by atoms with Crippen molar-refractivity contribution in [3.63, 3.8) is 0 Å². The molecular formula is C19H18N6O5S. The first-order chi connectivity index (χ1) is 14.7. The number of rotatable bonds is 7. The number of nitrogens with zero attached hydrogens (tertiary/aromatic N) is 5. The van der Waals surface area contributed by atoms with Crippen LogP contribution in [0.4, 0.5) is 11.4 Å². The number of carbonyl (C=O) groups is 2. The average Bonchev–Trinajstić information content (AvgIpc) is 3.12. The second-order valence-electron chi connectivity index (χ2n) is 6.84. The minimum atomic E-state index is -1.11. The third kappa shape index (κ3) is 4.86. The second kappa shape index (κ2) is 8.92. The predicted molar refractivity (Wildman–Crippen MR) is 111 cm³/mol. The second-order valence-corrected chi connectivity index (χ2v) is 7.85. The Bertz CT molecular complexity index is 1180. The van der Waals surface area contributed by atoms with Gasteiger partial charge in [-0.15, -0.1) is 5.10 Å². The van der Waals surface area contributed by atoms with Gasteiger partial charge in [-0.3, -0.25) is 14.9 Å². The van der Waals surface area contributed by atoms with E-state index in [2.05, 4.69) is 20.8 Å². The number of carboxylic acid groups (broad SMARTS) is 1. The van der Waals surface area contributed by atoms with Crippen LogP contribution in [0.5, 0.6) is 0 Å². The molecule has 0 fully saturated rings. The van der Waals surface area contributed by atoms with Crippen LogP contribution in [0.2, 0.25) is 0 Å². The Morgan fingerprint density at radius 2 is 1.94 bits per heavy atom. The molecule has 0 unspecified atom stereocenters. The maximum atomic E-state index is 13.0. The number of nitro benzene ring substituents is 1. The zero-order valence-corrected chi connectivity index (χ0v) is 17.6. The highest BCUT2D eigenvalue weighted by Crippen LogP contribution is 2.32. The Balaban J connectivity index is 1.97. The molecule has 3 aromatic rings. The first-order valence-corrected chi connectivity index (χ1v) is 9.86. The van der Waals surface area contributed by atoms with Gasteiger partial charge < -0.3 is 10.4 Å². The van der Waals surface area contributed by atoms with Gasteiger partial charge >= 0.3 is 5.97 Å². The molecule has 1 aromatic heterocycles. The van der Waals surface area contributed by atoms with Gasteiger partial charge in [0.2, 0.25) is 5.16 Å². The summed E-state index contributed by atoms with van der Waals surface area (Å²) in [5, 5.41) is 34.8. The van der Waals surface area contributed by atoms with Gasteiger partial charge in [-0.1, -0.05) is 19.9 Å². The number of nitrogens with one attached hydrogen (secondary N) is 1. The van der Waals surface area contributed by atoms with Crippen LogP contribution in [0.3, 0.4) is 0 Å². The number of aryl methyl sites for hydroxylation is 1. The number of aromatic nitrogens is 4. The van der Waals surface area contributed by atoms with E-state index in [-0.39, 0.29) is 28.4 Å². The molecule has 0 aliphatic rings. The van der Waals surface area contributed by atoms with Crippen LogP contribution in [0, 0.1) is 10.1 Å². The van der Waals surface area contributed by atoms with Gasteiger partial charge in [-0.25, -0.2) is 9.48 Å². The van der Waals surface area contributed by atoms with E-state index in [0.717, 1.165) is 17.8 Å². The Kier molecular flexibility index (Phi) is 6.30. The predicted octanol–water partition coefficient (Wildman–Crippen LogP) is 3.34. The Hall–Kier alpha value is -3.80. The van der Waals surface area contributed by atoms with Crippen LogP contribution >= 0.6 is 11.8 Å². The summed E-state index contributed by atoms with van der Waals surface area (Å²) in [7, 11) is 1.62. The normalized spacial score (nSPS) is 10.8. The molecule has 0 saturated heterocycles. The summed E-state index contributed by atoms with van der Waals surface area (Å²) in [6.07, 6.45) is 0. The van der Waals surface area contributed by atoms with Gasteiger partial charge in [0.1, 0.15) is 0 Å². The van der Waals surface area contributed by atoms with Crippen molar-refractivity contribution in [2.45, 2.75) is 29.8 Å². The number of nitro groups is 1. The fourth-order valence-electron chi connectivity index (χ4n) is 2.83. The van der Waals surface area contributed by atoms with Crippen LogP contribution in [0.15, 0.2) is 46.5 Å². The summed E-state index contributed by atoms with van der Waals surface area (Å²) in [6.45, 7) is 3.74. The summed E-state index contributed by atoms with van der Waals surface area (Å²) in [4.78, 5) is 35.6. The lowest BCUT2D eigenvalue weighted by Gasteiger charge is -2.13. The largest absolute Gasteiger partial charge is 0.478 e. The van der Waals surface area contributed by atoms with E-state index in [9.17, 15) is 24.8 Å². The molecule has 1 heterocycles. The Labute approximate surface area is 180 Å². The molecule has 1 amide bonds. The third-order valence-corrected chi connectivity index (χ3v) is 5.47. The molecule has 12 heteroatoms. The summed E-state index contributed by atoms with van der Waals surface area (Å²) < 4.78 is 1.40. The molecule has 0 bridgehead atoms. The minimum Gasteiger partial charge on any atom is -0.478 e. The Morgan fingerprint density at radius 3 is 2.52 bits per heavy atom. The van der Waals surface area contributed by atoms with E-state index in [1.165, 1.54) is 22.9 Å². The van der Waals surface area contributed by atoms with Crippen molar-refractivity contribution in [3.05, 3.63) is 63.2 Å². The number of amides is 1. The molecule has 0 aliphatic heterocycles. The first-order valence-electron chi connectivity index (χ1n) is 9.04. The van der Waals surface area contributed by atoms with Gasteiger partial charge in [-0.2, -0.15) is 0 Å². The van der Waals surface area contributed by atoms with Crippen molar-refractivity contribution in [1.82, 2.24) is 20.2 Å². The van der Waals surface area contributed by atoms with Crippen LogP contribution in [0.25, 0.3) is 0 Å². The van der Waals surface area contributed by atoms with Crippen molar-refractivity contribution >= 4 is 35.0 Å². The van der Waals surface area contributed by atoms with Gasteiger partial charge in [0.15, 0.2) is 0 Å². The van der Waals surface area contributed by atoms with Crippen LogP contribution in [-0.2, 0) is 7.05 Å². The Morgan fingerprint density at radius 1 is 1.19 bits per heavy atom. The lowest BCUT2D eigenvalue weighted by Crippen LogP contribution is -2.15. The number of benzene rings is 2. The van der Waals surface area contributed by atoms with Crippen molar-refractivity contribution in [2.75, 3.05) is 5.32 Å². The molecule has 0 spiro atoms. The van der Waals surface area contributed by atoms with Crippen LogP contribution < -0.4 is 5.32 Å². The molecule has 2 aromatic carbocycles. The molecule has 11 nitrogen and oxygen atoms in total. The van der Waals surface area contributed by atoms with E-state index < -0.39 is 16.8 Å². The number of hydrogen-bond acceptors (Lipinski definition) is 8. The molecule has 0 saturated carbocycles. The van der Waals surface area contributed by atoms with Crippen molar-refractivity contribution in [3.8, 4) is 0 Å². The maximum absolute atomic E-state index is 13.0. The van der Waals surface area contributed by atoms with E-state index in [1.807, 2.05) is 13.8 Å². The van der Waals surface area contributed by atoms with Gasteiger partial charge in [-0.05, 0) is 51.9 Å². The van der Waals surface area contributed by atoms with E-state index >= 15 is 0 Å². The SMILES string of the molecule is CC(C)c1ccc(NC(=O)c2cc([N+](=O)[O-])ccc2Sc2nnnn2C)cc1C(=O)O. The number of tetrazole rings is 1. The molecule has 0 aliphatic carbocycles. The highest BCUT2D eigenvalue weighted by Gasteiger charge is 2.21. The quantitative estimate of drug-likeness (QED) is 0.414. The van der Waals surface area contributed by atoms with E-state index in [4.69, 9.17) is 0 Å². The highest BCUT2D eigenvalue weighted by molar-refractivity contribution is 7.99. The topological polar surface area (TPSA) is 153 Å². The standard InChI is InChI=1S/C19H18N6O5S/c1-10(2)13-6-4-11(8-14(13)18(27)28)20-17(26)15-9-12(25(29)30)5-7-16(15)31-19-21-22-23-24(19)3/h4-10H,1-3H3,(H,20,26)(H,27,28). The zero-order valence-electron chi connectivity index (χ0n) is 16.8. The fourth-order valence-corrected chi connectivity index (χ4v) is 3.67. The summed E-state index contributed by atoms with van der Waals surface area (Å²) in [5.74, 6) is -1.76. The molecule has 0 radical (unpaired) electrons. The molecule has 2 N–H and O–H groups in total. The third-order valence-electron chi connectivity index (χ3n) is 4.36. The number of hydrogen-bond donors (Lipinski definition) is 2. The number of anilines is 1. The maximum Gasteiger partial charge on any atom is 0.336 e. The molecule has 160 valence electrons. The van der Waals surface area contributed by atoms with Crippen LogP contribution in [-0.4, -0.2) is 42.1 Å².